The molecule has 1 nitrogen and oxygen atoms in total. The molecule has 0 aliphatic heterocycles. The van der Waals surface area contributed by atoms with Gasteiger partial charge in [-0.25, -0.2) is 0 Å². The molecule has 0 saturated heterocycles. The normalized spacial score (nSPS) is 16.0. The van der Waals surface area contributed by atoms with Crippen LogP contribution in [-0.4, -0.2) is 0 Å². The Labute approximate surface area is 126 Å². The molecule has 0 heterocycles. The van der Waals surface area contributed by atoms with Crippen molar-refractivity contribution in [3.8, 4) is 6.07 Å². The molecular formula is C17H19IN+. The minimum atomic E-state index is -0.200. The summed E-state index contributed by atoms with van der Waals surface area (Å²) in [4.78, 5) is 0. The molecule has 0 aromatic heterocycles. The van der Waals surface area contributed by atoms with E-state index >= 15 is 0 Å². The van der Waals surface area contributed by atoms with E-state index in [1.165, 1.54) is 12.7 Å². The zero-order valence-corrected chi connectivity index (χ0v) is 13.9. The number of halogens is 1. The van der Waals surface area contributed by atoms with E-state index in [-0.39, 0.29) is 26.6 Å². The first-order chi connectivity index (χ1) is 9.00. The number of nitrogens with zero attached hydrogens (tertiary/aromatic N) is 1. The molecule has 2 heteroatoms. The van der Waals surface area contributed by atoms with E-state index in [1.807, 2.05) is 6.07 Å². The molecule has 0 unspecified atom stereocenters. The fourth-order valence-corrected chi connectivity index (χ4v) is 4.85. The predicted molar refractivity (Wildman–Crippen MR) is 74.6 cm³/mol. The predicted octanol–water partition coefficient (Wildman–Crippen LogP) is 1.49. The molecule has 1 aromatic carbocycles. The molecule has 0 radical (unpaired) electrons. The molecule has 1 aromatic rings. The zero-order valence-electron chi connectivity index (χ0n) is 11.7. The lowest BCUT2D eigenvalue weighted by atomic mass is 9.81. The number of rotatable bonds is 2. The van der Waals surface area contributed by atoms with E-state index in [0.29, 0.717) is 0 Å². The van der Waals surface area contributed by atoms with Crippen LogP contribution in [0.15, 0.2) is 51.1 Å². The summed E-state index contributed by atoms with van der Waals surface area (Å²) < 4.78 is 2.80. The fourth-order valence-electron chi connectivity index (χ4n) is 2.06. The zero-order chi connectivity index (χ0) is 13.9. The van der Waals surface area contributed by atoms with Gasteiger partial charge >= 0.3 is 21.2 Å². The molecule has 19 heavy (non-hydrogen) atoms. The van der Waals surface area contributed by atoms with E-state index in [0.717, 1.165) is 18.4 Å². The van der Waals surface area contributed by atoms with Crippen LogP contribution in [0.2, 0.25) is 0 Å². The van der Waals surface area contributed by atoms with Gasteiger partial charge in [-0.15, -0.1) is 0 Å². The Kier molecular flexibility index (Phi) is 4.46. The average Bonchev–Trinajstić information content (AvgIpc) is 2.39. The van der Waals surface area contributed by atoms with Gasteiger partial charge in [0.2, 0.25) is 0 Å². The van der Waals surface area contributed by atoms with Gasteiger partial charge in [-0.3, -0.25) is 0 Å². The van der Waals surface area contributed by atoms with Crippen molar-refractivity contribution in [2.75, 3.05) is 0 Å². The fraction of sp³-hybridized carbons (Fsp3) is 0.353. The van der Waals surface area contributed by atoms with Gasteiger partial charge < -0.3 is 0 Å². The van der Waals surface area contributed by atoms with E-state index in [1.54, 1.807) is 0 Å². The maximum Gasteiger partial charge on any atom is 0.354 e. The van der Waals surface area contributed by atoms with Crippen LogP contribution in [0.5, 0.6) is 0 Å². The van der Waals surface area contributed by atoms with Crippen molar-refractivity contribution < 1.29 is 21.2 Å². The van der Waals surface area contributed by atoms with Crippen LogP contribution in [0, 0.1) is 20.3 Å². The highest BCUT2D eigenvalue weighted by Gasteiger charge is 2.31. The topological polar surface area (TPSA) is 23.8 Å². The van der Waals surface area contributed by atoms with Gasteiger partial charge in [0.05, 0.1) is 11.6 Å². The Morgan fingerprint density at radius 2 is 1.84 bits per heavy atom. The summed E-state index contributed by atoms with van der Waals surface area (Å²) in [5.74, 6) is 0. The second kappa shape index (κ2) is 5.92. The second-order valence-electron chi connectivity index (χ2n) is 5.75. The van der Waals surface area contributed by atoms with Crippen LogP contribution in [-0.2, 0) is 0 Å². The van der Waals surface area contributed by atoms with Gasteiger partial charge in [0.15, 0.2) is 7.15 Å². The second-order valence-corrected chi connectivity index (χ2v) is 8.83. The van der Waals surface area contributed by atoms with Crippen LogP contribution in [0.25, 0.3) is 0 Å². The minimum absolute atomic E-state index is 0.200. The quantitative estimate of drug-likeness (QED) is 0.576. The van der Waals surface area contributed by atoms with Crippen molar-refractivity contribution >= 4 is 0 Å². The van der Waals surface area contributed by atoms with Crippen LogP contribution < -0.4 is 21.2 Å². The van der Waals surface area contributed by atoms with Gasteiger partial charge in [0.1, 0.15) is 0 Å². The first-order valence-electron chi connectivity index (χ1n) is 6.52. The van der Waals surface area contributed by atoms with Crippen LogP contribution in [0.4, 0.5) is 0 Å². The molecule has 98 valence electrons. The SMILES string of the molecule is CC(C)(C)C1=CCC(C#N)=C([I+]c2ccccc2)C1. The molecule has 2 rings (SSSR count). The largest absolute Gasteiger partial charge is 0.354 e. The lowest BCUT2D eigenvalue weighted by molar-refractivity contribution is -0.579. The Hall–Kier alpha value is -1.08. The Morgan fingerprint density at radius 3 is 2.42 bits per heavy atom. The van der Waals surface area contributed by atoms with Crippen LogP contribution >= 0.6 is 0 Å². The summed E-state index contributed by atoms with van der Waals surface area (Å²) >= 11 is -0.200. The lowest BCUT2D eigenvalue weighted by Gasteiger charge is -2.24. The summed E-state index contributed by atoms with van der Waals surface area (Å²) in [5.41, 5.74) is 2.70. The highest BCUT2D eigenvalue weighted by molar-refractivity contribution is 5.35. The van der Waals surface area contributed by atoms with Gasteiger partial charge in [-0.05, 0) is 17.5 Å². The van der Waals surface area contributed by atoms with Gasteiger partial charge in [0.25, 0.3) is 0 Å². The third kappa shape index (κ3) is 3.70. The van der Waals surface area contributed by atoms with Crippen LogP contribution in [0.3, 0.4) is 0 Å². The summed E-state index contributed by atoms with van der Waals surface area (Å²) in [7, 11) is 0. The summed E-state index contributed by atoms with van der Waals surface area (Å²) in [6.07, 6.45) is 4.08. The number of hydrogen-bond acceptors (Lipinski definition) is 1. The molecule has 0 saturated carbocycles. The van der Waals surface area contributed by atoms with Crippen molar-refractivity contribution in [1.29, 1.82) is 5.26 Å². The molecular weight excluding hydrogens is 345 g/mol. The highest BCUT2D eigenvalue weighted by atomic mass is 127. The molecule has 0 N–H and O–H groups in total. The molecule has 1 aliphatic carbocycles. The summed E-state index contributed by atoms with van der Waals surface area (Å²) in [5, 5.41) is 9.31. The monoisotopic (exact) mass is 364 g/mol. The van der Waals surface area contributed by atoms with Gasteiger partial charge in [-0.1, -0.05) is 50.6 Å². The summed E-state index contributed by atoms with van der Waals surface area (Å²) in [6.45, 7) is 6.78. The minimum Gasteiger partial charge on any atom is -0.193 e. The van der Waals surface area contributed by atoms with Gasteiger partial charge in [-0.2, -0.15) is 5.26 Å². The molecule has 1 aliphatic rings. The van der Waals surface area contributed by atoms with Crippen molar-refractivity contribution in [3.05, 3.63) is 54.7 Å². The smallest absolute Gasteiger partial charge is 0.193 e. The van der Waals surface area contributed by atoms with E-state index < -0.39 is 0 Å². The van der Waals surface area contributed by atoms with Crippen molar-refractivity contribution in [1.82, 2.24) is 0 Å². The third-order valence-electron chi connectivity index (χ3n) is 3.28. The number of hydrogen-bond donors (Lipinski definition) is 0. The first kappa shape index (κ1) is 14.3. The lowest BCUT2D eigenvalue weighted by Crippen LogP contribution is -3.61. The Bertz CT molecular complexity index is 553. The van der Waals surface area contributed by atoms with E-state index in [4.69, 9.17) is 0 Å². The maximum atomic E-state index is 9.31. The van der Waals surface area contributed by atoms with E-state index in [2.05, 4.69) is 57.2 Å². The first-order valence-corrected chi connectivity index (χ1v) is 8.68. The molecule has 0 amide bonds. The van der Waals surface area contributed by atoms with Crippen molar-refractivity contribution in [3.63, 3.8) is 0 Å². The standard InChI is InChI=1S/C17H19IN/c1-17(2,3)14-10-9-13(12-19)16(11-14)18-15-7-5-4-6-8-15/h4-8,10H,9,11H2,1-3H3/q+1. The maximum absolute atomic E-state index is 9.31. The number of benzene rings is 1. The molecule has 0 atom stereocenters. The van der Waals surface area contributed by atoms with Crippen molar-refractivity contribution in [2.45, 2.75) is 33.6 Å². The highest BCUT2D eigenvalue weighted by Crippen LogP contribution is 2.33. The van der Waals surface area contributed by atoms with Gasteiger partial charge in [0, 0.05) is 12.8 Å². The molecule has 0 fully saturated rings. The molecule has 0 bridgehead atoms. The summed E-state index contributed by atoms with van der Waals surface area (Å²) in [6, 6.07) is 13.0. The van der Waals surface area contributed by atoms with E-state index in [9.17, 15) is 5.26 Å². The van der Waals surface area contributed by atoms with Crippen molar-refractivity contribution in [2.24, 2.45) is 5.41 Å². The van der Waals surface area contributed by atoms with Crippen LogP contribution in [0.1, 0.15) is 33.6 Å². The Balaban J connectivity index is 2.22. The Morgan fingerprint density at radius 1 is 1.16 bits per heavy atom. The number of allylic oxidation sites excluding steroid dienone is 4. The molecule has 0 spiro atoms. The number of nitriles is 1. The third-order valence-corrected chi connectivity index (χ3v) is 6.31. The average molecular weight is 364 g/mol.